The molecule has 1 aliphatic rings. The second-order valence-electron chi connectivity index (χ2n) is 4.94. The molecule has 0 saturated carbocycles. The molecule has 2 rings (SSSR count). The minimum absolute atomic E-state index is 0.0665. The number of ketones is 2. The molecule has 0 fully saturated rings. The average Bonchev–Trinajstić information content (AvgIpc) is 3.09. The summed E-state index contributed by atoms with van der Waals surface area (Å²) >= 11 is 1.16. The van der Waals surface area contributed by atoms with Crippen molar-refractivity contribution in [3.8, 4) is 0 Å². The zero-order valence-corrected chi connectivity index (χ0v) is 14.9. The van der Waals surface area contributed by atoms with E-state index in [2.05, 4.69) is 20.5 Å². The van der Waals surface area contributed by atoms with E-state index in [1.807, 2.05) is 0 Å². The maximum absolute atomic E-state index is 12.5. The minimum atomic E-state index is -0.848. The van der Waals surface area contributed by atoms with E-state index in [9.17, 15) is 19.2 Å². The van der Waals surface area contributed by atoms with Crippen molar-refractivity contribution in [2.24, 2.45) is 0 Å². The number of urea groups is 1. The Kier molecular flexibility index (Phi) is 6.92. The SMILES string of the molecule is CNC(=O)NCOCCCSC1=CC(=O)c2onc(C(=O)OC)c2C1=O. The number of ether oxygens (including phenoxy) is 2. The van der Waals surface area contributed by atoms with Gasteiger partial charge in [-0.1, -0.05) is 5.16 Å². The molecule has 1 aliphatic carbocycles. The van der Waals surface area contributed by atoms with Gasteiger partial charge < -0.3 is 24.6 Å². The number of allylic oxidation sites excluding steroid dienone is 2. The molecule has 2 N–H and O–H groups in total. The van der Waals surface area contributed by atoms with Crippen LogP contribution in [0.4, 0.5) is 4.79 Å². The Hall–Kier alpha value is -2.66. The van der Waals surface area contributed by atoms with Crippen molar-refractivity contribution in [3.05, 3.63) is 28.0 Å². The Balaban J connectivity index is 1.87. The normalized spacial score (nSPS) is 13.1. The number of carbonyl (C=O) groups is 4. The molecule has 0 spiro atoms. The number of methoxy groups -OCH3 is 1. The van der Waals surface area contributed by atoms with Gasteiger partial charge in [-0.3, -0.25) is 9.59 Å². The number of nitrogens with one attached hydrogen (secondary N) is 2. The first-order valence-corrected chi connectivity index (χ1v) is 8.53. The second kappa shape index (κ2) is 9.15. The molecule has 0 aromatic carbocycles. The summed E-state index contributed by atoms with van der Waals surface area (Å²) in [7, 11) is 2.64. The molecular weight excluding hydrogens is 366 g/mol. The highest BCUT2D eigenvalue weighted by molar-refractivity contribution is 8.04. The second-order valence-corrected chi connectivity index (χ2v) is 6.08. The zero-order valence-electron chi connectivity index (χ0n) is 14.1. The summed E-state index contributed by atoms with van der Waals surface area (Å²) in [6.07, 6.45) is 1.74. The summed E-state index contributed by atoms with van der Waals surface area (Å²) in [5.74, 6) is -1.65. The number of rotatable bonds is 8. The minimum Gasteiger partial charge on any atom is -0.464 e. The molecule has 10 nitrogen and oxygen atoms in total. The lowest BCUT2D eigenvalue weighted by atomic mass is 10.00. The first-order valence-electron chi connectivity index (χ1n) is 7.54. The summed E-state index contributed by atoms with van der Waals surface area (Å²) in [5, 5.41) is 8.31. The standard InChI is InChI=1S/C15H17N3O7S/c1-16-15(22)17-7-24-4-3-5-26-9-6-8(19)13-10(12(9)20)11(18-25-13)14(21)23-2/h6H,3-5,7H2,1-2H3,(H2,16,17,22). The number of fused-ring (bicyclic) bond motifs is 1. The van der Waals surface area contributed by atoms with Crippen LogP contribution in [0.15, 0.2) is 15.5 Å². The van der Waals surface area contributed by atoms with Crippen molar-refractivity contribution >= 4 is 35.3 Å². The summed E-state index contributed by atoms with van der Waals surface area (Å²) in [6, 6.07) is -0.346. The number of Topliss-reactive ketones (excluding diaryl/α,β-unsaturated/α-hetero) is 1. The van der Waals surface area contributed by atoms with Crippen molar-refractivity contribution in [3.63, 3.8) is 0 Å². The smallest absolute Gasteiger partial charge is 0.361 e. The van der Waals surface area contributed by atoms with Crippen molar-refractivity contribution < 1.29 is 33.2 Å². The fourth-order valence-corrected chi connectivity index (χ4v) is 2.91. The maximum Gasteiger partial charge on any atom is 0.361 e. The largest absolute Gasteiger partial charge is 0.464 e. The number of esters is 1. The fraction of sp³-hybridized carbons (Fsp3) is 0.400. The first kappa shape index (κ1) is 19.7. The number of carbonyl (C=O) groups excluding carboxylic acids is 4. The van der Waals surface area contributed by atoms with Crippen LogP contribution in [0.2, 0.25) is 0 Å². The van der Waals surface area contributed by atoms with E-state index in [0.717, 1.165) is 24.9 Å². The van der Waals surface area contributed by atoms with Crippen LogP contribution < -0.4 is 10.6 Å². The van der Waals surface area contributed by atoms with Gasteiger partial charge in [0.25, 0.3) is 0 Å². The molecule has 1 aromatic heterocycles. The predicted octanol–water partition coefficient (Wildman–Crippen LogP) is 0.750. The highest BCUT2D eigenvalue weighted by Crippen LogP contribution is 2.30. The lowest BCUT2D eigenvalue weighted by Crippen LogP contribution is -2.34. The molecule has 0 unspecified atom stereocenters. The first-order chi connectivity index (χ1) is 12.5. The Morgan fingerprint density at radius 1 is 1.35 bits per heavy atom. The van der Waals surface area contributed by atoms with Gasteiger partial charge in [-0.05, 0) is 6.42 Å². The third-order valence-corrected chi connectivity index (χ3v) is 4.37. The molecule has 1 heterocycles. The number of aromatic nitrogens is 1. The maximum atomic E-state index is 12.5. The van der Waals surface area contributed by atoms with E-state index in [-0.39, 0.29) is 34.7 Å². The third kappa shape index (κ3) is 4.49. The van der Waals surface area contributed by atoms with Crippen LogP contribution in [0, 0.1) is 0 Å². The van der Waals surface area contributed by atoms with Crippen molar-refractivity contribution in [1.82, 2.24) is 15.8 Å². The van der Waals surface area contributed by atoms with Crippen molar-refractivity contribution in [2.45, 2.75) is 6.42 Å². The monoisotopic (exact) mass is 383 g/mol. The molecule has 1 aromatic rings. The molecule has 0 radical (unpaired) electrons. The highest BCUT2D eigenvalue weighted by atomic mass is 32.2. The van der Waals surface area contributed by atoms with Gasteiger partial charge in [0.05, 0.1) is 12.0 Å². The highest BCUT2D eigenvalue weighted by Gasteiger charge is 2.36. The van der Waals surface area contributed by atoms with Gasteiger partial charge in [-0.2, -0.15) is 0 Å². The third-order valence-electron chi connectivity index (χ3n) is 3.26. The number of thioether (sulfide) groups is 1. The topological polar surface area (TPSA) is 137 Å². The fourth-order valence-electron chi connectivity index (χ4n) is 2.01. The average molecular weight is 383 g/mol. The summed E-state index contributed by atoms with van der Waals surface area (Å²) in [6.45, 7) is 0.426. The van der Waals surface area contributed by atoms with Crippen LogP contribution >= 0.6 is 11.8 Å². The molecule has 26 heavy (non-hydrogen) atoms. The molecule has 0 aliphatic heterocycles. The van der Waals surface area contributed by atoms with Crippen LogP contribution in [-0.2, 0) is 9.47 Å². The summed E-state index contributed by atoms with van der Waals surface area (Å²) in [4.78, 5) is 47.3. The van der Waals surface area contributed by atoms with E-state index in [1.54, 1.807) is 0 Å². The Bertz CT molecular complexity index is 756. The number of nitrogens with zero attached hydrogens (tertiary/aromatic N) is 1. The van der Waals surface area contributed by atoms with Gasteiger partial charge in [0.1, 0.15) is 12.3 Å². The van der Waals surface area contributed by atoms with Crippen LogP contribution in [0.5, 0.6) is 0 Å². The van der Waals surface area contributed by atoms with Crippen LogP contribution in [0.1, 0.15) is 37.8 Å². The zero-order chi connectivity index (χ0) is 19.1. The Labute approximate surface area is 152 Å². The lowest BCUT2D eigenvalue weighted by molar-refractivity contribution is 0.0586. The molecule has 0 saturated heterocycles. The van der Waals surface area contributed by atoms with Gasteiger partial charge in [0, 0.05) is 25.5 Å². The van der Waals surface area contributed by atoms with Crippen molar-refractivity contribution in [1.29, 1.82) is 0 Å². The Morgan fingerprint density at radius 3 is 2.81 bits per heavy atom. The quantitative estimate of drug-likeness (QED) is 0.378. The van der Waals surface area contributed by atoms with Crippen LogP contribution in [0.3, 0.4) is 0 Å². The number of amides is 2. The summed E-state index contributed by atoms with van der Waals surface area (Å²) < 4.78 is 14.6. The van der Waals surface area contributed by atoms with Crippen LogP contribution in [0.25, 0.3) is 0 Å². The molecule has 140 valence electrons. The number of hydrogen-bond acceptors (Lipinski definition) is 9. The van der Waals surface area contributed by atoms with E-state index in [4.69, 9.17) is 9.26 Å². The molecule has 0 atom stereocenters. The predicted molar refractivity (Wildman–Crippen MR) is 90.1 cm³/mol. The van der Waals surface area contributed by atoms with Gasteiger partial charge >= 0.3 is 12.0 Å². The van der Waals surface area contributed by atoms with E-state index in [1.165, 1.54) is 7.05 Å². The van der Waals surface area contributed by atoms with E-state index >= 15 is 0 Å². The summed E-state index contributed by atoms with van der Waals surface area (Å²) in [5.41, 5.74) is -0.478. The molecule has 0 bridgehead atoms. The number of hydrogen-bond donors (Lipinski definition) is 2. The van der Waals surface area contributed by atoms with Crippen molar-refractivity contribution in [2.75, 3.05) is 33.2 Å². The lowest BCUT2D eigenvalue weighted by Gasteiger charge is -2.10. The van der Waals surface area contributed by atoms with Crippen LogP contribution in [-0.4, -0.2) is 62.0 Å². The van der Waals surface area contributed by atoms with Gasteiger partial charge in [0.15, 0.2) is 0 Å². The van der Waals surface area contributed by atoms with E-state index < -0.39 is 17.5 Å². The molecule has 2 amide bonds. The van der Waals surface area contributed by atoms with Gasteiger partial charge in [-0.25, -0.2) is 9.59 Å². The van der Waals surface area contributed by atoms with Gasteiger partial charge in [0.2, 0.25) is 23.0 Å². The molecule has 11 heteroatoms. The Morgan fingerprint density at radius 2 is 2.12 bits per heavy atom. The van der Waals surface area contributed by atoms with Gasteiger partial charge in [-0.15, -0.1) is 11.8 Å². The van der Waals surface area contributed by atoms with E-state index in [0.29, 0.717) is 18.8 Å². The molecular formula is C15H17N3O7S.